The quantitative estimate of drug-likeness (QED) is 0.287. The minimum absolute atomic E-state index is 0.358. The maximum atomic E-state index is 10.6. The number of pyridine rings is 1. The summed E-state index contributed by atoms with van der Waals surface area (Å²) < 4.78 is 0.612. The summed E-state index contributed by atoms with van der Waals surface area (Å²) in [5.74, 6) is 0. The Kier molecular flexibility index (Phi) is 2.12. The average molecular weight is 153 g/mol. The van der Waals surface area contributed by atoms with Gasteiger partial charge in [0.1, 0.15) is 0 Å². The highest BCUT2D eigenvalue weighted by atomic mass is 16.5. The summed E-state index contributed by atoms with van der Waals surface area (Å²) in [7, 11) is -1.50. The summed E-state index contributed by atoms with van der Waals surface area (Å²) in [6.45, 7) is 1.64. The van der Waals surface area contributed by atoms with Crippen LogP contribution in [0.5, 0.6) is 0 Å². The van der Waals surface area contributed by atoms with Crippen LogP contribution in [-0.4, -0.2) is 17.2 Å². The predicted octanol–water partition coefficient (Wildman–Crippen LogP) is -1.69. The van der Waals surface area contributed by atoms with Crippen LogP contribution in [0.25, 0.3) is 0 Å². The molecule has 0 saturated carbocycles. The molecule has 0 radical (unpaired) electrons. The molecule has 0 aliphatic rings. The first-order valence-corrected chi connectivity index (χ1v) is 3.16. The third-order valence-corrected chi connectivity index (χ3v) is 1.46. The maximum Gasteiger partial charge on any atom is 0.489 e. The van der Waals surface area contributed by atoms with Crippen LogP contribution in [0.3, 0.4) is 0 Å². The van der Waals surface area contributed by atoms with Gasteiger partial charge in [-0.25, -0.2) is 0 Å². The first-order valence-electron chi connectivity index (χ1n) is 3.16. The largest absolute Gasteiger partial charge is 0.619 e. The topological polar surface area (TPSA) is 67.4 Å². The molecule has 0 unspecified atom stereocenters. The van der Waals surface area contributed by atoms with E-state index >= 15 is 0 Å². The molecule has 1 aromatic heterocycles. The van der Waals surface area contributed by atoms with Gasteiger partial charge >= 0.3 is 7.12 Å². The fourth-order valence-corrected chi connectivity index (χ4v) is 0.883. The van der Waals surface area contributed by atoms with Crippen LogP contribution >= 0.6 is 0 Å². The molecule has 58 valence electrons. The zero-order valence-electron chi connectivity index (χ0n) is 6.06. The lowest BCUT2D eigenvalue weighted by molar-refractivity contribution is -0.605. The van der Waals surface area contributed by atoms with E-state index in [4.69, 9.17) is 10.0 Å². The molecule has 4 nitrogen and oxygen atoms in total. The monoisotopic (exact) mass is 153 g/mol. The molecule has 2 N–H and O–H groups in total. The van der Waals surface area contributed by atoms with Crippen LogP contribution in [0, 0.1) is 12.1 Å². The molecule has 11 heavy (non-hydrogen) atoms. The molecule has 0 aliphatic carbocycles. The SMILES string of the molecule is Cc1c[n+]([O-])ccc1B(O)O. The van der Waals surface area contributed by atoms with Gasteiger partial charge in [-0.15, -0.1) is 0 Å². The summed E-state index contributed by atoms with van der Waals surface area (Å²) in [5.41, 5.74) is 0.926. The highest BCUT2D eigenvalue weighted by Gasteiger charge is 2.14. The van der Waals surface area contributed by atoms with Crippen LogP contribution in [0.4, 0.5) is 0 Å². The lowest BCUT2D eigenvalue weighted by Crippen LogP contribution is -2.37. The lowest BCUT2D eigenvalue weighted by atomic mass is 9.78. The second kappa shape index (κ2) is 2.90. The Labute approximate surface area is 64.5 Å². The third kappa shape index (κ3) is 1.69. The molecule has 0 aromatic carbocycles. The number of rotatable bonds is 1. The van der Waals surface area contributed by atoms with E-state index in [1.807, 2.05) is 0 Å². The van der Waals surface area contributed by atoms with E-state index in [1.54, 1.807) is 6.92 Å². The molecule has 5 heteroatoms. The maximum absolute atomic E-state index is 10.6. The summed E-state index contributed by atoms with van der Waals surface area (Å²) in [6.07, 6.45) is 2.51. The fourth-order valence-electron chi connectivity index (χ4n) is 0.883. The Morgan fingerprint density at radius 1 is 1.55 bits per heavy atom. The Morgan fingerprint density at radius 3 is 2.64 bits per heavy atom. The zero-order chi connectivity index (χ0) is 8.43. The van der Waals surface area contributed by atoms with Crippen molar-refractivity contribution >= 4 is 12.6 Å². The Bertz CT molecular complexity index is 264. The van der Waals surface area contributed by atoms with Crippen molar-refractivity contribution in [2.24, 2.45) is 0 Å². The van der Waals surface area contributed by atoms with E-state index in [0.717, 1.165) is 0 Å². The molecule has 0 fully saturated rings. The Balaban J connectivity index is 3.09. The molecular formula is C6H8BNO3. The smallest absolute Gasteiger partial charge is 0.489 e. The number of aromatic nitrogens is 1. The van der Waals surface area contributed by atoms with E-state index in [9.17, 15) is 5.21 Å². The Hall–Kier alpha value is -1.07. The van der Waals surface area contributed by atoms with Gasteiger partial charge in [0.05, 0.1) is 0 Å². The molecule has 1 rings (SSSR count). The number of nitrogens with zero attached hydrogens (tertiary/aromatic N) is 1. The Morgan fingerprint density at radius 2 is 2.18 bits per heavy atom. The van der Waals surface area contributed by atoms with E-state index in [-0.39, 0.29) is 0 Å². The highest BCUT2D eigenvalue weighted by molar-refractivity contribution is 6.59. The highest BCUT2D eigenvalue weighted by Crippen LogP contribution is 1.88. The molecule has 0 bridgehead atoms. The van der Waals surface area contributed by atoms with Crippen molar-refractivity contribution in [1.82, 2.24) is 0 Å². The van der Waals surface area contributed by atoms with Gasteiger partial charge in [-0.05, 0) is 12.4 Å². The second-order valence-corrected chi connectivity index (χ2v) is 2.32. The van der Waals surface area contributed by atoms with Crippen molar-refractivity contribution < 1.29 is 14.8 Å². The summed E-state index contributed by atoms with van der Waals surface area (Å²) in [4.78, 5) is 0. The zero-order valence-corrected chi connectivity index (χ0v) is 6.06. The summed E-state index contributed by atoms with van der Waals surface area (Å²) in [6, 6.07) is 1.38. The lowest BCUT2D eigenvalue weighted by Gasteiger charge is -2.02. The molecule has 0 amide bonds. The van der Waals surface area contributed by atoms with Crippen LogP contribution < -0.4 is 10.2 Å². The first-order chi connectivity index (χ1) is 5.11. The van der Waals surface area contributed by atoms with Crippen molar-refractivity contribution in [3.8, 4) is 0 Å². The number of aryl methyl sites for hydroxylation is 1. The van der Waals surface area contributed by atoms with Crippen LogP contribution in [-0.2, 0) is 0 Å². The van der Waals surface area contributed by atoms with Gasteiger partial charge in [-0.3, -0.25) is 0 Å². The number of hydrogen-bond donors (Lipinski definition) is 2. The standard InChI is InChI=1S/C6H8BNO3/c1-5-4-8(11)3-2-6(5)7(9)10/h2-4,9-10H,1H3. The van der Waals surface area contributed by atoms with Gasteiger partial charge in [0.25, 0.3) is 0 Å². The molecule has 0 saturated heterocycles. The van der Waals surface area contributed by atoms with E-state index in [2.05, 4.69) is 0 Å². The molecule has 1 heterocycles. The predicted molar refractivity (Wildman–Crippen MR) is 40.0 cm³/mol. The van der Waals surface area contributed by atoms with E-state index in [0.29, 0.717) is 15.8 Å². The summed E-state index contributed by atoms with van der Waals surface area (Å²) in [5, 5.41) is 28.1. The van der Waals surface area contributed by atoms with Crippen LogP contribution in [0.2, 0.25) is 0 Å². The van der Waals surface area contributed by atoms with Crippen LogP contribution in [0.1, 0.15) is 5.56 Å². The minimum atomic E-state index is -1.50. The van der Waals surface area contributed by atoms with Gasteiger partial charge in [0.2, 0.25) is 0 Å². The first kappa shape index (κ1) is 8.04. The molecule has 0 spiro atoms. The van der Waals surface area contributed by atoms with Gasteiger partial charge < -0.3 is 15.3 Å². The number of hydrogen-bond acceptors (Lipinski definition) is 3. The second-order valence-electron chi connectivity index (χ2n) is 2.32. The van der Waals surface area contributed by atoms with E-state index in [1.165, 1.54) is 18.5 Å². The normalized spacial score (nSPS) is 9.73. The molecular weight excluding hydrogens is 145 g/mol. The molecule has 0 aliphatic heterocycles. The fraction of sp³-hybridized carbons (Fsp3) is 0.167. The van der Waals surface area contributed by atoms with Crippen molar-refractivity contribution in [2.45, 2.75) is 6.92 Å². The molecule has 1 aromatic rings. The summed E-state index contributed by atoms with van der Waals surface area (Å²) >= 11 is 0. The molecule has 0 atom stereocenters. The van der Waals surface area contributed by atoms with Gasteiger partial charge in [0, 0.05) is 11.6 Å². The van der Waals surface area contributed by atoms with Crippen LogP contribution in [0.15, 0.2) is 18.5 Å². The van der Waals surface area contributed by atoms with Gasteiger partial charge in [-0.1, -0.05) is 0 Å². The van der Waals surface area contributed by atoms with Crippen molar-refractivity contribution in [3.63, 3.8) is 0 Å². The average Bonchev–Trinajstić information content (AvgIpc) is 1.85. The van der Waals surface area contributed by atoms with Gasteiger partial charge in [0.15, 0.2) is 12.4 Å². The van der Waals surface area contributed by atoms with Crippen molar-refractivity contribution in [2.75, 3.05) is 0 Å². The third-order valence-electron chi connectivity index (χ3n) is 1.46. The van der Waals surface area contributed by atoms with E-state index < -0.39 is 7.12 Å². The van der Waals surface area contributed by atoms with Gasteiger partial charge in [-0.2, -0.15) is 4.73 Å². The van der Waals surface area contributed by atoms with Crippen molar-refractivity contribution in [1.29, 1.82) is 0 Å². The minimum Gasteiger partial charge on any atom is -0.619 e. The van der Waals surface area contributed by atoms with Crippen molar-refractivity contribution in [3.05, 3.63) is 29.2 Å².